The molecule has 0 spiro atoms. The van der Waals surface area contributed by atoms with Gasteiger partial charge in [-0.25, -0.2) is 0 Å². The second-order valence-corrected chi connectivity index (χ2v) is 8.10. The molecule has 0 aromatic heterocycles. The minimum Gasteiger partial charge on any atom is -0.390 e. The predicted octanol–water partition coefficient (Wildman–Crippen LogP) is 6.24. The Labute approximate surface area is 132 Å². The highest BCUT2D eigenvalue weighted by Crippen LogP contribution is 2.39. The van der Waals surface area contributed by atoms with E-state index >= 15 is 0 Å². The van der Waals surface area contributed by atoms with Gasteiger partial charge in [0.25, 0.3) is 0 Å². The Morgan fingerprint density at radius 3 is 1.67 bits per heavy atom. The van der Waals surface area contributed by atoms with Crippen molar-refractivity contribution in [2.75, 3.05) is 0 Å². The van der Waals surface area contributed by atoms with Crippen molar-refractivity contribution in [1.82, 2.24) is 0 Å². The van der Waals surface area contributed by atoms with Crippen LogP contribution >= 0.6 is 0 Å². The third-order valence-corrected chi connectivity index (χ3v) is 6.03. The fourth-order valence-electron chi connectivity index (χ4n) is 4.85. The highest BCUT2D eigenvalue weighted by Gasteiger charge is 2.33. The predicted molar refractivity (Wildman–Crippen MR) is 91.5 cm³/mol. The minimum atomic E-state index is -0.334. The Bertz CT molecular complexity index is 241. The van der Waals surface area contributed by atoms with Crippen LogP contribution in [0.2, 0.25) is 0 Å². The molecule has 1 nitrogen and oxygen atoms in total. The maximum absolute atomic E-state index is 11.3. The summed E-state index contributed by atoms with van der Waals surface area (Å²) in [4.78, 5) is 0. The summed E-state index contributed by atoms with van der Waals surface area (Å²) in [6.07, 6.45) is 21.0. The number of hydrogen-bond acceptors (Lipinski definition) is 1. The molecular formula is C20H38O. The van der Waals surface area contributed by atoms with Crippen LogP contribution in [0.15, 0.2) is 0 Å². The zero-order valence-corrected chi connectivity index (χ0v) is 14.4. The van der Waals surface area contributed by atoms with E-state index in [2.05, 4.69) is 6.92 Å². The van der Waals surface area contributed by atoms with Gasteiger partial charge in [-0.3, -0.25) is 0 Å². The SMILES string of the molecule is CCCCCC(O)(CC1CCCCC1)CC1CCCCC1. The van der Waals surface area contributed by atoms with Crippen LogP contribution < -0.4 is 0 Å². The third kappa shape index (κ3) is 6.30. The molecule has 0 heterocycles. The molecule has 2 rings (SSSR count). The lowest BCUT2D eigenvalue weighted by Gasteiger charge is -2.37. The lowest BCUT2D eigenvalue weighted by Crippen LogP contribution is -2.35. The van der Waals surface area contributed by atoms with Crippen LogP contribution in [0.4, 0.5) is 0 Å². The van der Waals surface area contributed by atoms with Gasteiger partial charge in [0.1, 0.15) is 0 Å². The highest BCUT2D eigenvalue weighted by atomic mass is 16.3. The summed E-state index contributed by atoms with van der Waals surface area (Å²) < 4.78 is 0. The van der Waals surface area contributed by atoms with Crippen LogP contribution in [0.5, 0.6) is 0 Å². The average Bonchev–Trinajstić information content (AvgIpc) is 2.49. The fourth-order valence-corrected chi connectivity index (χ4v) is 4.85. The van der Waals surface area contributed by atoms with E-state index in [1.165, 1.54) is 83.5 Å². The maximum Gasteiger partial charge on any atom is 0.0653 e. The molecule has 0 atom stereocenters. The molecule has 0 aromatic rings. The van der Waals surface area contributed by atoms with E-state index in [0.29, 0.717) is 0 Å². The molecule has 2 aliphatic rings. The molecule has 1 heteroatoms. The summed E-state index contributed by atoms with van der Waals surface area (Å²) in [6.45, 7) is 2.27. The lowest BCUT2D eigenvalue weighted by molar-refractivity contribution is -0.0250. The molecule has 0 radical (unpaired) electrons. The van der Waals surface area contributed by atoms with Gasteiger partial charge < -0.3 is 5.11 Å². The quantitative estimate of drug-likeness (QED) is 0.525. The number of unbranched alkanes of at least 4 members (excludes halogenated alkanes) is 2. The molecule has 0 unspecified atom stereocenters. The smallest absolute Gasteiger partial charge is 0.0653 e. The van der Waals surface area contributed by atoms with Gasteiger partial charge in [-0.2, -0.15) is 0 Å². The third-order valence-electron chi connectivity index (χ3n) is 6.03. The number of aliphatic hydroxyl groups is 1. The molecule has 124 valence electrons. The zero-order valence-electron chi connectivity index (χ0n) is 14.4. The second kappa shape index (κ2) is 9.18. The van der Waals surface area contributed by atoms with Crippen LogP contribution in [0.25, 0.3) is 0 Å². The molecule has 0 amide bonds. The molecule has 0 aliphatic heterocycles. The first-order chi connectivity index (χ1) is 10.2. The second-order valence-electron chi connectivity index (χ2n) is 8.10. The summed E-state index contributed by atoms with van der Waals surface area (Å²) >= 11 is 0. The van der Waals surface area contributed by atoms with Crippen molar-refractivity contribution in [3.63, 3.8) is 0 Å². The summed E-state index contributed by atoms with van der Waals surface area (Å²) in [5.74, 6) is 1.63. The van der Waals surface area contributed by atoms with Gasteiger partial charge in [0, 0.05) is 0 Å². The molecular weight excluding hydrogens is 256 g/mol. The first kappa shape index (κ1) is 17.3. The maximum atomic E-state index is 11.3. The van der Waals surface area contributed by atoms with Crippen LogP contribution in [-0.4, -0.2) is 10.7 Å². The van der Waals surface area contributed by atoms with Crippen molar-refractivity contribution in [2.24, 2.45) is 11.8 Å². The van der Waals surface area contributed by atoms with Gasteiger partial charge in [-0.1, -0.05) is 90.4 Å². The molecule has 0 bridgehead atoms. The Kier molecular flexibility index (Phi) is 7.57. The van der Waals surface area contributed by atoms with Crippen molar-refractivity contribution < 1.29 is 5.11 Å². The van der Waals surface area contributed by atoms with E-state index in [1.54, 1.807) is 0 Å². The normalized spacial score (nSPS) is 22.6. The molecule has 0 saturated heterocycles. The zero-order chi connectivity index (χ0) is 15.0. The Balaban J connectivity index is 1.87. The highest BCUT2D eigenvalue weighted by molar-refractivity contribution is 4.86. The van der Waals surface area contributed by atoms with Gasteiger partial charge in [0.2, 0.25) is 0 Å². The Morgan fingerprint density at radius 1 is 0.762 bits per heavy atom. The topological polar surface area (TPSA) is 20.2 Å². The van der Waals surface area contributed by atoms with Crippen molar-refractivity contribution in [3.8, 4) is 0 Å². The first-order valence-electron chi connectivity index (χ1n) is 9.94. The van der Waals surface area contributed by atoms with E-state index in [0.717, 1.165) is 31.1 Å². The average molecular weight is 295 g/mol. The molecule has 2 saturated carbocycles. The van der Waals surface area contributed by atoms with Gasteiger partial charge >= 0.3 is 0 Å². The van der Waals surface area contributed by atoms with Gasteiger partial charge in [-0.05, 0) is 31.1 Å². The van der Waals surface area contributed by atoms with E-state index in [9.17, 15) is 5.11 Å². The molecule has 0 aromatic carbocycles. The Hall–Kier alpha value is -0.0400. The van der Waals surface area contributed by atoms with Gasteiger partial charge in [0.05, 0.1) is 5.60 Å². The monoisotopic (exact) mass is 294 g/mol. The van der Waals surface area contributed by atoms with Crippen molar-refractivity contribution in [1.29, 1.82) is 0 Å². The first-order valence-corrected chi connectivity index (χ1v) is 9.94. The molecule has 21 heavy (non-hydrogen) atoms. The van der Waals surface area contributed by atoms with Crippen LogP contribution in [0.3, 0.4) is 0 Å². The van der Waals surface area contributed by atoms with Gasteiger partial charge in [0.15, 0.2) is 0 Å². The summed E-state index contributed by atoms with van der Waals surface area (Å²) in [5, 5.41) is 11.3. The summed E-state index contributed by atoms with van der Waals surface area (Å²) in [7, 11) is 0. The van der Waals surface area contributed by atoms with Crippen molar-refractivity contribution >= 4 is 0 Å². The standard InChI is InChI=1S/C20H38O/c1-2-3-10-15-20(21,16-18-11-6-4-7-12-18)17-19-13-8-5-9-14-19/h18-19,21H,2-17H2,1H3. The van der Waals surface area contributed by atoms with Crippen LogP contribution in [-0.2, 0) is 0 Å². The fraction of sp³-hybridized carbons (Fsp3) is 1.00. The summed E-state index contributed by atoms with van der Waals surface area (Å²) in [6, 6.07) is 0. The van der Waals surface area contributed by atoms with Crippen LogP contribution in [0, 0.1) is 11.8 Å². The van der Waals surface area contributed by atoms with Crippen molar-refractivity contribution in [3.05, 3.63) is 0 Å². The molecule has 1 N–H and O–H groups in total. The van der Waals surface area contributed by atoms with E-state index in [-0.39, 0.29) is 5.60 Å². The van der Waals surface area contributed by atoms with Gasteiger partial charge in [-0.15, -0.1) is 0 Å². The summed E-state index contributed by atoms with van der Waals surface area (Å²) in [5.41, 5.74) is -0.334. The number of hydrogen-bond donors (Lipinski definition) is 1. The minimum absolute atomic E-state index is 0.334. The van der Waals surface area contributed by atoms with Crippen LogP contribution in [0.1, 0.15) is 110 Å². The van der Waals surface area contributed by atoms with E-state index in [4.69, 9.17) is 0 Å². The Morgan fingerprint density at radius 2 is 1.24 bits per heavy atom. The molecule has 2 fully saturated rings. The molecule has 2 aliphatic carbocycles. The van der Waals surface area contributed by atoms with E-state index < -0.39 is 0 Å². The largest absolute Gasteiger partial charge is 0.390 e. The lowest BCUT2D eigenvalue weighted by atomic mass is 9.73. The van der Waals surface area contributed by atoms with Crippen molar-refractivity contribution in [2.45, 2.75) is 115 Å². The number of rotatable bonds is 8. The van der Waals surface area contributed by atoms with E-state index in [1.807, 2.05) is 0 Å².